The van der Waals surface area contributed by atoms with Crippen LogP contribution in [0.5, 0.6) is 0 Å². The Balaban J connectivity index is 0.00000144. The fourth-order valence-corrected chi connectivity index (χ4v) is 2.31. The fraction of sp³-hybridized carbons (Fsp3) is 0.417. The minimum atomic E-state index is 0. The van der Waals surface area contributed by atoms with Crippen LogP contribution in [0.4, 0.5) is 0 Å². The van der Waals surface area contributed by atoms with Gasteiger partial charge in [-0.15, -0.1) is 24.0 Å². The SMILES string of the molecule is I.NC(N)=NCC1(c2ccc(Cl)cc2)CCC1. The van der Waals surface area contributed by atoms with Gasteiger partial charge in [-0.25, -0.2) is 0 Å². The molecule has 0 aliphatic heterocycles. The molecule has 0 heterocycles. The number of hydrogen-bond donors (Lipinski definition) is 2. The number of rotatable bonds is 3. The average Bonchev–Trinajstić information content (AvgIpc) is 2.18. The van der Waals surface area contributed by atoms with E-state index in [9.17, 15) is 0 Å². The quantitative estimate of drug-likeness (QED) is 0.491. The van der Waals surface area contributed by atoms with Crippen molar-refractivity contribution in [1.29, 1.82) is 0 Å². The fourth-order valence-electron chi connectivity index (χ4n) is 2.19. The number of hydrogen-bond acceptors (Lipinski definition) is 1. The summed E-state index contributed by atoms with van der Waals surface area (Å²) in [5, 5.41) is 0.764. The molecule has 1 fully saturated rings. The molecule has 0 atom stereocenters. The summed E-state index contributed by atoms with van der Waals surface area (Å²) in [5.41, 5.74) is 12.2. The third kappa shape index (κ3) is 3.25. The summed E-state index contributed by atoms with van der Waals surface area (Å²) in [6.07, 6.45) is 3.53. The number of aliphatic imine (C=N–C) groups is 1. The van der Waals surface area contributed by atoms with E-state index in [1.165, 1.54) is 12.0 Å². The molecule has 1 aromatic rings. The summed E-state index contributed by atoms with van der Waals surface area (Å²) in [6.45, 7) is 0.678. The molecular formula is C12H17ClIN3. The molecule has 5 heteroatoms. The lowest BCUT2D eigenvalue weighted by Gasteiger charge is -2.41. The Morgan fingerprint density at radius 2 is 1.82 bits per heavy atom. The van der Waals surface area contributed by atoms with Gasteiger partial charge in [-0.1, -0.05) is 30.2 Å². The van der Waals surface area contributed by atoms with Crippen molar-refractivity contribution >= 4 is 41.5 Å². The number of nitrogens with two attached hydrogens (primary N) is 2. The monoisotopic (exact) mass is 365 g/mol. The van der Waals surface area contributed by atoms with Crippen molar-refractivity contribution in [3.05, 3.63) is 34.9 Å². The molecule has 0 aromatic heterocycles. The van der Waals surface area contributed by atoms with Gasteiger partial charge in [0, 0.05) is 10.4 Å². The van der Waals surface area contributed by atoms with Crippen molar-refractivity contribution < 1.29 is 0 Å². The summed E-state index contributed by atoms with van der Waals surface area (Å²) in [5.74, 6) is 0.167. The van der Waals surface area contributed by atoms with E-state index in [4.69, 9.17) is 23.1 Å². The van der Waals surface area contributed by atoms with Gasteiger partial charge in [0.1, 0.15) is 0 Å². The molecular weight excluding hydrogens is 349 g/mol. The molecule has 0 amide bonds. The molecule has 0 spiro atoms. The van der Waals surface area contributed by atoms with E-state index in [2.05, 4.69) is 17.1 Å². The van der Waals surface area contributed by atoms with Crippen molar-refractivity contribution in [2.75, 3.05) is 6.54 Å². The molecule has 2 rings (SSSR count). The Morgan fingerprint density at radius 3 is 2.24 bits per heavy atom. The van der Waals surface area contributed by atoms with Crippen LogP contribution in [0.15, 0.2) is 29.3 Å². The molecule has 94 valence electrons. The second kappa shape index (κ2) is 5.91. The van der Waals surface area contributed by atoms with Crippen molar-refractivity contribution in [2.45, 2.75) is 24.7 Å². The van der Waals surface area contributed by atoms with Crippen molar-refractivity contribution in [1.82, 2.24) is 0 Å². The largest absolute Gasteiger partial charge is 0.370 e. The molecule has 0 saturated heterocycles. The van der Waals surface area contributed by atoms with E-state index in [1.54, 1.807) is 0 Å². The van der Waals surface area contributed by atoms with Gasteiger partial charge in [0.25, 0.3) is 0 Å². The van der Waals surface area contributed by atoms with Gasteiger partial charge in [-0.3, -0.25) is 4.99 Å². The van der Waals surface area contributed by atoms with Gasteiger partial charge in [-0.05, 0) is 30.5 Å². The van der Waals surface area contributed by atoms with E-state index in [0.717, 1.165) is 17.9 Å². The van der Waals surface area contributed by atoms with Gasteiger partial charge in [0.05, 0.1) is 6.54 Å². The molecule has 17 heavy (non-hydrogen) atoms. The van der Waals surface area contributed by atoms with E-state index in [-0.39, 0.29) is 35.4 Å². The molecule has 4 N–H and O–H groups in total. The number of nitrogens with zero attached hydrogens (tertiary/aromatic N) is 1. The molecule has 1 aliphatic carbocycles. The van der Waals surface area contributed by atoms with Crippen molar-refractivity contribution in [3.63, 3.8) is 0 Å². The first-order valence-electron chi connectivity index (χ1n) is 5.44. The topological polar surface area (TPSA) is 64.4 Å². The normalized spacial score (nSPS) is 16.5. The van der Waals surface area contributed by atoms with Crippen LogP contribution in [0, 0.1) is 0 Å². The predicted molar refractivity (Wildman–Crippen MR) is 83.1 cm³/mol. The molecule has 1 aliphatic rings. The second-order valence-corrected chi connectivity index (χ2v) is 4.82. The maximum atomic E-state index is 5.88. The van der Waals surface area contributed by atoms with Gasteiger partial charge >= 0.3 is 0 Å². The lowest BCUT2D eigenvalue weighted by molar-refractivity contribution is 0.254. The number of guanidine groups is 1. The van der Waals surface area contributed by atoms with E-state index in [1.807, 2.05) is 12.1 Å². The second-order valence-electron chi connectivity index (χ2n) is 4.38. The minimum Gasteiger partial charge on any atom is -0.370 e. The highest BCUT2D eigenvalue weighted by Crippen LogP contribution is 2.44. The van der Waals surface area contributed by atoms with Crippen molar-refractivity contribution in [3.8, 4) is 0 Å². The lowest BCUT2D eigenvalue weighted by atomic mass is 9.64. The summed E-state index contributed by atoms with van der Waals surface area (Å²) >= 11 is 5.88. The third-order valence-corrected chi connectivity index (χ3v) is 3.58. The Labute approximate surface area is 124 Å². The highest BCUT2D eigenvalue weighted by atomic mass is 127. The maximum absolute atomic E-state index is 5.88. The third-order valence-electron chi connectivity index (χ3n) is 3.33. The van der Waals surface area contributed by atoms with E-state index < -0.39 is 0 Å². The molecule has 1 saturated carbocycles. The highest BCUT2D eigenvalue weighted by molar-refractivity contribution is 14.0. The zero-order valence-electron chi connectivity index (χ0n) is 9.53. The van der Waals surface area contributed by atoms with Crippen molar-refractivity contribution in [2.24, 2.45) is 16.5 Å². The molecule has 0 unspecified atom stereocenters. The van der Waals surface area contributed by atoms with E-state index in [0.29, 0.717) is 6.54 Å². The first-order chi connectivity index (χ1) is 7.62. The van der Waals surface area contributed by atoms with Gasteiger partial charge < -0.3 is 11.5 Å². The number of halogens is 2. The van der Waals surface area contributed by atoms with Crippen LogP contribution in [0.1, 0.15) is 24.8 Å². The number of benzene rings is 1. The molecule has 0 radical (unpaired) electrons. The van der Waals surface area contributed by atoms with Crippen LogP contribution in [0.2, 0.25) is 5.02 Å². The Kier molecular flexibility index (Phi) is 5.06. The van der Waals surface area contributed by atoms with Gasteiger partial charge in [-0.2, -0.15) is 0 Å². The summed E-state index contributed by atoms with van der Waals surface area (Å²) in [4.78, 5) is 4.16. The zero-order chi connectivity index (χ0) is 11.6. The zero-order valence-corrected chi connectivity index (χ0v) is 12.6. The van der Waals surface area contributed by atoms with Crippen LogP contribution in [-0.4, -0.2) is 12.5 Å². The summed E-state index contributed by atoms with van der Waals surface area (Å²) in [6, 6.07) is 7.99. The Morgan fingerprint density at radius 1 is 1.24 bits per heavy atom. The van der Waals surface area contributed by atoms with Crippen LogP contribution in [-0.2, 0) is 5.41 Å². The first-order valence-corrected chi connectivity index (χ1v) is 5.82. The van der Waals surface area contributed by atoms with Crippen LogP contribution < -0.4 is 11.5 Å². The maximum Gasteiger partial charge on any atom is 0.185 e. The Hall–Kier alpha value is -0.490. The molecule has 1 aromatic carbocycles. The van der Waals surface area contributed by atoms with E-state index >= 15 is 0 Å². The van der Waals surface area contributed by atoms with Gasteiger partial charge in [0.15, 0.2) is 5.96 Å². The smallest absolute Gasteiger partial charge is 0.185 e. The molecule has 0 bridgehead atoms. The Bertz CT molecular complexity index is 395. The highest BCUT2D eigenvalue weighted by Gasteiger charge is 2.38. The minimum absolute atomic E-state index is 0. The first kappa shape index (κ1) is 14.6. The van der Waals surface area contributed by atoms with Crippen LogP contribution in [0.25, 0.3) is 0 Å². The lowest BCUT2D eigenvalue weighted by Crippen LogP contribution is -2.38. The van der Waals surface area contributed by atoms with Gasteiger partial charge in [0.2, 0.25) is 0 Å². The summed E-state index contributed by atoms with van der Waals surface area (Å²) < 4.78 is 0. The van der Waals surface area contributed by atoms with Crippen LogP contribution >= 0.6 is 35.6 Å². The average molecular weight is 366 g/mol. The standard InChI is InChI=1S/C12H16ClN3.HI/c13-10-4-2-9(3-5-10)12(6-1-7-12)8-16-11(14)15;/h2-5H,1,6-8H2,(H4,14,15,16);1H. The van der Waals surface area contributed by atoms with Crippen LogP contribution in [0.3, 0.4) is 0 Å². The predicted octanol–water partition coefficient (Wildman–Crippen LogP) is 2.65. The summed E-state index contributed by atoms with van der Waals surface area (Å²) in [7, 11) is 0. The molecule has 3 nitrogen and oxygen atoms in total.